The van der Waals surface area contributed by atoms with Crippen molar-refractivity contribution in [3.05, 3.63) is 70.4 Å². The molecule has 0 atom stereocenters. The van der Waals surface area contributed by atoms with Gasteiger partial charge in [-0.3, -0.25) is 0 Å². The van der Waals surface area contributed by atoms with Crippen LogP contribution in [-0.4, -0.2) is 29.6 Å². The summed E-state index contributed by atoms with van der Waals surface area (Å²) in [4.78, 5) is 2.43. The molecular weight excluding hydrogens is 316 g/mol. The molecule has 0 saturated heterocycles. The highest BCUT2D eigenvalue weighted by Gasteiger charge is 2.20. The first-order valence-electron chi connectivity index (χ1n) is 8.74. The highest BCUT2D eigenvalue weighted by atomic mass is 35.5. The van der Waals surface area contributed by atoms with E-state index in [4.69, 9.17) is 11.6 Å². The second-order valence-corrected chi connectivity index (χ2v) is 7.21. The molecule has 124 valence electrons. The molecule has 0 fully saturated rings. The Kier molecular flexibility index (Phi) is 4.34. The van der Waals surface area contributed by atoms with E-state index in [1.807, 2.05) is 6.07 Å². The molecular formula is C21H23ClN2. The van der Waals surface area contributed by atoms with Gasteiger partial charge in [-0.1, -0.05) is 41.9 Å². The molecule has 4 rings (SSSR count). The number of aryl methyl sites for hydroxylation is 2. The lowest BCUT2D eigenvalue weighted by Crippen LogP contribution is -2.21. The summed E-state index contributed by atoms with van der Waals surface area (Å²) in [6.07, 6.45) is 3.30. The summed E-state index contributed by atoms with van der Waals surface area (Å²) in [7, 11) is 2.22. The van der Waals surface area contributed by atoms with Gasteiger partial charge in [-0.2, -0.15) is 0 Å². The predicted octanol–water partition coefficient (Wildman–Crippen LogP) is 4.57. The molecule has 0 saturated carbocycles. The summed E-state index contributed by atoms with van der Waals surface area (Å²) in [6.45, 7) is 3.28. The maximum absolute atomic E-state index is 6.29. The van der Waals surface area contributed by atoms with Crippen LogP contribution in [0.2, 0.25) is 5.02 Å². The summed E-state index contributed by atoms with van der Waals surface area (Å²) in [5.74, 6) is 0. The van der Waals surface area contributed by atoms with Crippen molar-refractivity contribution in [1.29, 1.82) is 0 Å². The van der Waals surface area contributed by atoms with Gasteiger partial charge in [-0.05, 0) is 49.2 Å². The quantitative estimate of drug-likeness (QED) is 0.679. The van der Waals surface area contributed by atoms with E-state index in [9.17, 15) is 0 Å². The molecule has 2 nitrogen and oxygen atoms in total. The fourth-order valence-electron chi connectivity index (χ4n) is 3.87. The fourth-order valence-corrected chi connectivity index (χ4v) is 4.04. The van der Waals surface area contributed by atoms with Crippen LogP contribution in [0.3, 0.4) is 0 Å². The van der Waals surface area contributed by atoms with Gasteiger partial charge in [0.2, 0.25) is 0 Å². The monoisotopic (exact) mass is 338 g/mol. The van der Waals surface area contributed by atoms with Gasteiger partial charge >= 0.3 is 0 Å². The Morgan fingerprint density at radius 3 is 2.62 bits per heavy atom. The second kappa shape index (κ2) is 6.62. The molecule has 2 heterocycles. The molecule has 0 unspecified atom stereocenters. The SMILES string of the molecule is CN1CCc2c(n(CCc3ccccc3)c3ccc(Cl)cc23)CC1. The van der Waals surface area contributed by atoms with Crippen LogP contribution >= 0.6 is 11.6 Å². The third kappa shape index (κ3) is 2.97. The number of likely N-dealkylation sites (N-methyl/N-ethyl adjacent to an activating group) is 1. The number of hydrogen-bond donors (Lipinski definition) is 0. The van der Waals surface area contributed by atoms with Gasteiger partial charge in [0.15, 0.2) is 0 Å². The molecule has 0 aliphatic carbocycles. The van der Waals surface area contributed by atoms with Crippen molar-refractivity contribution in [2.45, 2.75) is 25.8 Å². The van der Waals surface area contributed by atoms with Crippen LogP contribution in [0.4, 0.5) is 0 Å². The fraction of sp³-hybridized carbons (Fsp3) is 0.333. The van der Waals surface area contributed by atoms with Crippen molar-refractivity contribution in [1.82, 2.24) is 9.47 Å². The number of rotatable bonds is 3. The molecule has 0 radical (unpaired) electrons. The summed E-state index contributed by atoms with van der Waals surface area (Å²) in [6, 6.07) is 17.1. The lowest BCUT2D eigenvalue weighted by atomic mass is 10.1. The Morgan fingerprint density at radius 1 is 1.00 bits per heavy atom. The molecule has 0 N–H and O–H groups in total. The lowest BCUT2D eigenvalue weighted by molar-refractivity contribution is 0.351. The molecule has 1 aliphatic rings. The van der Waals surface area contributed by atoms with Crippen molar-refractivity contribution in [2.75, 3.05) is 20.1 Å². The van der Waals surface area contributed by atoms with Gasteiger partial charge in [0.1, 0.15) is 0 Å². The lowest BCUT2D eigenvalue weighted by Gasteiger charge is -2.14. The highest BCUT2D eigenvalue weighted by Crippen LogP contribution is 2.31. The summed E-state index contributed by atoms with van der Waals surface area (Å²) < 4.78 is 2.53. The third-order valence-corrected chi connectivity index (χ3v) is 5.42. The van der Waals surface area contributed by atoms with Crippen molar-refractivity contribution < 1.29 is 0 Å². The predicted molar refractivity (Wildman–Crippen MR) is 102 cm³/mol. The van der Waals surface area contributed by atoms with Crippen molar-refractivity contribution >= 4 is 22.5 Å². The summed E-state index contributed by atoms with van der Waals surface area (Å²) >= 11 is 6.29. The molecule has 0 spiro atoms. The molecule has 24 heavy (non-hydrogen) atoms. The minimum atomic E-state index is 0.836. The maximum atomic E-state index is 6.29. The van der Waals surface area contributed by atoms with E-state index in [0.29, 0.717) is 0 Å². The Labute approximate surface area is 148 Å². The standard InChI is InChI=1S/C21H23ClN2/c1-23-12-10-18-19-15-17(22)7-8-20(19)24(21(18)11-13-23)14-9-16-5-3-2-4-6-16/h2-8,15H,9-14H2,1H3. The van der Waals surface area contributed by atoms with E-state index in [1.165, 1.54) is 27.7 Å². The van der Waals surface area contributed by atoms with Gasteiger partial charge in [-0.25, -0.2) is 0 Å². The Hall–Kier alpha value is -1.77. The number of hydrogen-bond acceptors (Lipinski definition) is 1. The smallest absolute Gasteiger partial charge is 0.0486 e. The van der Waals surface area contributed by atoms with Crippen LogP contribution in [0.15, 0.2) is 48.5 Å². The van der Waals surface area contributed by atoms with Crippen molar-refractivity contribution in [3.8, 4) is 0 Å². The van der Waals surface area contributed by atoms with Crippen molar-refractivity contribution in [3.63, 3.8) is 0 Å². The van der Waals surface area contributed by atoms with E-state index in [0.717, 1.165) is 43.9 Å². The number of benzene rings is 2. The van der Waals surface area contributed by atoms with Gasteiger partial charge in [0.25, 0.3) is 0 Å². The average Bonchev–Trinajstić information content (AvgIpc) is 2.74. The third-order valence-electron chi connectivity index (χ3n) is 5.19. The topological polar surface area (TPSA) is 8.17 Å². The Balaban J connectivity index is 1.76. The van der Waals surface area contributed by atoms with Gasteiger partial charge < -0.3 is 9.47 Å². The number of nitrogens with zero attached hydrogens (tertiary/aromatic N) is 2. The second-order valence-electron chi connectivity index (χ2n) is 6.78. The van der Waals surface area contributed by atoms with Crippen LogP contribution in [0.1, 0.15) is 16.8 Å². The minimum Gasteiger partial charge on any atom is -0.344 e. The van der Waals surface area contributed by atoms with Crippen LogP contribution in [0.5, 0.6) is 0 Å². The number of halogens is 1. The minimum absolute atomic E-state index is 0.836. The first-order chi connectivity index (χ1) is 11.7. The van der Waals surface area contributed by atoms with E-state index >= 15 is 0 Å². The zero-order chi connectivity index (χ0) is 16.5. The highest BCUT2D eigenvalue weighted by molar-refractivity contribution is 6.31. The molecule has 2 aromatic carbocycles. The molecule has 3 aromatic rings. The van der Waals surface area contributed by atoms with Crippen LogP contribution in [-0.2, 0) is 25.8 Å². The first kappa shape index (κ1) is 15.7. The molecule has 1 aliphatic heterocycles. The van der Waals surface area contributed by atoms with Crippen molar-refractivity contribution in [2.24, 2.45) is 0 Å². The van der Waals surface area contributed by atoms with Gasteiger partial charge in [-0.15, -0.1) is 0 Å². The zero-order valence-corrected chi connectivity index (χ0v) is 14.9. The molecule has 3 heteroatoms. The summed E-state index contributed by atoms with van der Waals surface area (Å²) in [5.41, 5.74) is 5.75. The first-order valence-corrected chi connectivity index (χ1v) is 9.12. The largest absolute Gasteiger partial charge is 0.344 e. The average molecular weight is 339 g/mol. The van der Waals surface area contributed by atoms with Crippen LogP contribution < -0.4 is 0 Å². The van der Waals surface area contributed by atoms with Crippen LogP contribution in [0, 0.1) is 0 Å². The van der Waals surface area contributed by atoms with Crippen LogP contribution in [0.25, 0.3) is 10.9 Å². The van der Waals surface area contributed by atoms with Gasteiger partial charge in [0, 0.05) is 47.7 Å². The number of aromatic nitrogens is 1. The Morgan fingerprint density at radius 2 is 1.79 bits per heavy atom. The molecule has 1 aromatic heterocycles. The van der Waals surface area contributed by atoms with E-state index in [1.54, 1.807) is 0 Å². The van der Waals surface area contributed by atoms with E-state index in [-0.39, 0.29) is 0 Å². The zero-order valence-electron chi connectivity index (χ0n) is 14.1. The number of fused-ring (bicyclic) bond motifs is 3. The molecule has 0 amide bonds. The van der Waals surface area contributed by atoms with E-state index < -0.39 is 0 Å². The van der Waals surface area contributed by atoms with E-state index in [2.05, 4.69) is 59.0 Å². The maximum Gasteiger partial charge on any atom is 0.0486 e. The Bertz CT molecular complexity index is 851. The summed E-state index contributed by atoms with van der Waals surface area (Å²) in [5, 5.41) is 2.18. The normalized spacial score (nSPS) is 15.4. The van der Waals surface area contributed by atoms with Gasteiger partial charge in [0.05, 0.1) is 0 Å². The molecule has 0 bridgehead atoms.